The molecule has 57 heavy (non-hydrogen) atoms. The highest BCUT2D eigenvalue weighted by Gasteiger charge is 2.39. The van der Waals surface area contributed by atoms with Gasteiger partial charge in [-0.3, -0.25) is 9.59 Å². The van der Waals surface area contributed by atoms with Gasteiger partial charge in [-0.15, -0.1) is 11.3 Å². The van der Waals surface area contributed by atoms with Crippen molar-refractivity contribution in [3.8, 4) is 10.7 Å². The molecule has 2 aliphatic rings. The van der Waals surface area contributed by atoms with Crippen LogP contribution in [-0.2, 0) is 19.1 Å². The van der Waals surface area contributed by atoms with Crippen LogP contribution in [0.2, 0.25) is 0 Å². The van der Waals surface area contributed by atoms with Crippen molar-refractivity contribution in [1.29, 1.82) is 0 Å². The highest BCUT2D eigenvalue weighted by atomic mass is 32.1. The number of likely N-dealkylation sites (tertiary alicyclic amines) is 2. The zero-order valence-electron chi connectivity index (χ0n) is 32.7. The predicted molar refractivity (Wildman–Crippen MR) is 215 cm³/mol. The van der Waals surface area contributed by atoms with E-state index in [1.165, 1.54) is 25.6 Å². The number of alkyl carbamates (subject to hydrolysis) is 2. The van der Waals surface area contributed by atoms with Crippen LogP contribution in [-0.4, -0.2) is 103 Å². The average molecular weight is 795 g/mol. The Hall–Kier alpha value is -5.84. The van der Waals surface area contributed by atoms with Crippen molar-refractivity contribution in [3.05, 3.63) is 48.2 Å². The van der Waals surface area contributed by atoms with Crippen LogP contribution in [0.3, 0.4) is 0 Å². The maximum Gasteiger partial charge on any atom is 0.407 e. The van der Waals surface area contributed by atoms with E-state index in [0.717, 1.165) is 79.4 Å². The van der Waals surface area contributed by atoms with E-state index in [1.54, 1.807) is 4.90 Å². The normalized spacial score (nSPS) is 18.3. The number of thiazole rings is 1. The number of nitrogens with zero attached hydrogens (tertiary/aromatic N) is 6. The molecule has 4 N–H and O–H groups in total. The van der Waals surface area contributed by atoms with Crippen molar-refractivity contribution in [1.82, 2.24) is 50.3 Å². The molecule has 4 atom stereocenters. The third kappa shape index (κ3) is 6.97. The van der Waals surface area contributed by atoms with Crippen LogP contribution in [0.5, 0.6) is 0 Å². The van der Waals surface area contributed by atoms with E-state index in [2.05, 4.69) is 26.7 Å². The molecule has 0 radical (unpaired) electrons. The molecule has 4 amide bonds. The summed E-state index contributed by atoms with van der Waals surface area (Å²) in [6.07, 6.45) is 3.77. The first-order valence-corrected chi connectivity index (χ1v) is 20.2. The molecule has 298 valence electrons. The fraction of sp³-hybridized carbons (Fsp3) is 0.450. The summed E-state index contributed by atoms with van der Waals surface area (Å²) in [6.45, 7) is 8.71. The summed E-state index contributed by atoms with van der Waals surface area (Å²) >= 11 is 1.54. The maximum absolute atomic E-state index is 13.7. The van der Waals surface area contributed by atoms with Crippen LogP contribution in [0.4, 0.5) is 9.59 Å². The Bertz CT molecular complexity index is 2530. The number of rotatable bonds is 9. The molecule has 2 saturated heterocycles. The largest absolute Gasteiger partial charge is 0.453 e. The number of amides is 4. The Morgan fingerprint density at radius 1 is 0.789 bits per heavy atom. The second-order valence-electron chi connectivity index (χ2n) is 15.4. The maximum atomic E-state index is 13.7. The molecule has 6 heterocycles. The molecular formula is C40H46N10O6S. The zero-order valence-corrected chi connectivity index (χ0v) is 33.5. The van der Waals surface area contributed by atoms with Gasteiger partial charge >= 0.3 is 12.2 Å². The third-order valence-corrected chi connectivity index (χ3v) is 12.2. The topological polar surface area (TPSA) is 200 Å². The lowest BCUT2D eigenvalue weighted by Gasteiger charge is -2.29. The molecule has 0 spiro atoms. The van der Waals surface area contributed by atoms with Gasteiger partial charge < -0.3 is 39.9 Å². The Balaban J connectivity index is 1.06. The van der Waals surface area contributed by atoms with E-state index in [9.17, 15) is 19.2 Å². The fourth-order valence-electron chi connectivity index (χ4n) is 8.10. The van der Waals surface area contributed by atoms with Crippen LogP contribution in [0.1, 0.15) is 77.1 Å². The quantitative estimate of drug-likeness (QED) is 0.128. The number of fused-ring (bicyclic) bond motifs is 6. The number of carbonyl (C=O) groups is 4. The second-order valence-corrected chi connectivity index (χ2v) is 16.4. The van der Waals surface area contributed by atoms with Gasteiger partial charge in [0, 0.05) is 24.7 Å². The van der Waals surface area contributed by atoms with Crippen molar-refractivity contribution >= 4 is 78.4 Å². The summed E-state index contributed by atoms with van der Waals surface area (Å²) in [4.78, 5) is 81.9. The van der Waals surface area contributed by atoms with Gasteiger partial charge in [-0.25, -0.2) is 29.5 Å². The minimum atomic E-state index is -0.723. The number of aromatic amines is 2. The third-order valence-electron chi connectivity index (χ3n) is 11.1. The van der Waals surface area contributed by atoms with Gasteiger partial charge in [0.05, 0.1) is 53.2 Å². The molecule has 0 bridgehead atoms. The Labute approximate surface area is 332 Å². The molecule has 0 unspecified atom stereocenters. The van der Waals surface area contributed by atoms with Crippen molar-refractivity contribution < 1.29 is 28.7 Å². The number of H-pyrrole nitrogens is 2. The minimum Gasteiger partial charge on any atom is -0.453 e. The smallest absolute Gasteiger partial charge is 0.407 e. The number of pyridine rings is 1. The van der Waals surface area contributed by atoms with Gasteiger partial charge in [0.25, 0.3) is 0 Å². The second kappa shape index (κ2) is 15.2. The summed E-state index contributed by atoms with van der Waals surface area (Å²) < 4.78 is 10.5. The summed E-state index contributed by atoms with van der Waals surface area (Å²) in [5, 5.41) is 8.06. The number of carbonyl (C=O) groups excluding carboxylic acids is 4. The lowest BCUT2D eigenvalue weighted by atomic mass is 10.0. The molecule has 2 aromatic carbocycles. The number of methoxy groups -OCH3 is 2. The van der Waals surface area contributed by atoms with Crippen molar-refractivity contribution in [2.75, 3.05) is 27.3 Å². The molecular weight excluding hydrogens is 749 g/mol. The number of hydrogen-bond acceptors (Lipinski definition) is 11. The molecule has 4 aromatic heterocycles. The number of benzene rings is 2. The summed E-state index contributed by atoms with van der Waals surface area (Å²) in [5.41, 5.74) is 4.79. The van der Waals surface area contributed by atoms with Crippen LogP contribution >= 0.6 is 11.3 Å². The van der Waals surface area contributed by atoms with E-state index in [1.807, 2.05) is 63.1 Å². The standard InChI is InChI=1S/C40H46N10O6S/c1-19(2)29(47-39(53)55-5)37(51)49-15-7-9-27(49)34-42-23-12-11-21-17-26(41-18-22(21)31(23)45-34)36-44-25-14-13-24-32(33(25)57-36)46-35(43-24)28-10-8-16-50(28)38(52)30(20(3)4)48-40(54)56-6/h11-14,17-20,27-30,41H,7-10,15-16H2,1-6H3,(H,43,46)(H,47,53)(H,48,54)/t27-,28-,29-,30-/m0/s1. The lowest BCUT2D eigenvalue weighted by molar-refractivity contribution is -0.136. The average Bonchev–Trinajstić information content (AvgIpc) is 4.05. The predicted octanol–water partition coefficient (Wildman–Crippen LogP) is 6.35. The van der Waals surface area contributed by atoms with Gasteiger partial charge in [0.15, 0.2) is 5.82 Å². The number of imidazole rings is 2. The SMILES string of the molecule is COC(=O)N[C@H](C(=O)N1CCC[C@H]1c1nc2ccc3cc(-c4nc5ccc6[nH]c([C@@H]7CCCN7C(=O)[C@@H](NC(=O)OC)C(C)C)nc6c5s4)[nH]cc3c2n1)C(C)C. The monoisotopic (exact) mass is 794 g/mol. The molecule has 17 heteroatoms. The van der Waals surface area contributed by atoms with Crippen LogP contribution in [0.25, 0.3) is 53.8 Å². The van der Waals surface area contributed by atoms with Crippen LogP contribution in [0.15, 0.2) is 36.5 Å². The van der Waals surface area contributed by atoms with E-state index in [0.29, 0.717) is 24.7 Å². The van der Waals surface area contributed by atoms with Gasteiger partial charge in [0.1, 0.15) is 33.9 Å². The number of nitrogens with one attached hydrogen (secondary N) is 4. The Morgan fingerprint density at radius 2 is 1.42 bits per heavy atom. The number of hydrogen-bond donors (Lipinski definition) is 4. The first-order chi connectivity index (χ1) is 27.4. The van der Waals surface area contributed by atoms with Crippen molar-refractivity contribution in [2.45, 2.75) is 77.5 Å². The number of ether oxygens (including phenoxy) is 2. The van der Waals surface area contributed by atoms with Gasteiger partial charge in [-0.1, -0.05) is 33.8 Å². The van der Waals surface area contributed by atoms with Crippen molar-refractivity contribution in [2.24, 2.45) is 11.8 Å². The molecule has 2 fully saturated rings. The zero-order chi connectivity index (χ0) is 40.1. The molecule has 6 aromatic rings. The molecule has 2 aliphatic heterocycles. The molecule has 0 aliphatic carbocycles. The minimum absolute atomic E-state index is 0.126. The van der Waals surface area contributed by atoms with E-state index in [-0.39, 0.29) is 35.7 Å². The lowest BCUT2D eigenvalue weighted by Crippen LogP contribution is -2.51. The molecule has 0 saturated carbocycles. The van der Waals surface area contributed by atoms with Gasteiger partial charge in [-0.2, -0.15) is 0 Å². The highest BCUT2D eigenvalue weighted by molar-refractivity contribution is 7.22. The first kappa shape index (κ1) is 38.1. The Kier molecular flexibility index (Phi) is 10.2. The van der Waals surface area contributed by atoms with Gasteiger partial charge in [0.2, 0.25) is 11.8 Å². The fourth-order valence-corrected chi connectivity index (χ4v) is 9.13. The molecule has 16 nitrogen and oxygen atoms in total. The summed E-state index contributed by atoms with van der Waals surface area (Å²) in [7, 11) is 2.57. The molecule has 8 rings (SSSR count). The van der Waals surface area contributed by atoms with E-state index < -0.39 is 24.3 Å². The number of aromatic nitrogens is 6. The summed E-state index contributed by atoms with van der Waals surface area (Å²) in [6, 6.07) is 7.98. The Morgan fingerprint density at radius 3 is 2.07 bits per heavy atom. The van der Waals surface area contributed by atoms with Gasteiger partial charge in [-0.05, 0) is 67.2 Å². The first-order valence-electron chi connectivity index (χ1n) is 19.3. The summed E-state index contributed by atoms with van der Waals surface area (Å²) in [5.74, 6) is 0.707. The van der Waals surface area contributed by atoms with Crippen LogP contribution in [0, 0.1) is 11.8 Å². The van der Waals surface area contributed by atoms with Crippen LogP contribution < -0.4 is 10.6 Å². The van der Waals surface area contributed by atoms with E-state index in [4.69, 9.17) is 29.4 Å². The van der Waals surface area contributed by atoms with Crippen molar-refractivity contribution in [3.63, 3.8) is 0 Å². The highest BCUT2D eigenvalue weighted by Crippen LogP contribution is 2.39. The van der Waals surface area contributed by atoms with E-state index >= 15 is 0 Å².